The molecule has 0 aromatic rings. The van der Waals surface area contributed by atoms with Crippen LogP contribution in [0.15, 0.2) is 0 Å². The highest BCUT2D eigenvalue weighted by Crippen LogP contribution is 2.43. The molecule has 14 heavy (non-hydrogen) atoms. The van der Waals surface area contributed by atoms with Crippen molar-refractivity contribution in [2.45, 2.75) is 17.6 Å². The Hall–Kier alpha value is -0.130. The molecule has 0 aromatic heterocycles. The quantitative estimate of drug-likeness (QED) is 0.692. The van der Waals surface area contributed by atoms with Crippen LogP contribution < -0.4 is 5.32 Å². The Morgan fingerprint density at radius 3 is 2.29 bits per heavy atom. The van der Waals surface area contributed by atoms with Crippen LogP contribution in [-0.2, 0) is 9.84 Å². The summed E-state index contributed by atoms with van der Waals surface area (Å²) in [6, 6.07) is 0. The zero-order valence-corrected chi connectivity index (χ0v) is 9.44. The van der Waals surface area contributed by atoms with Crippen LogP contribution in [0.1, 0.15) is 12.8 Å². The van der Waals surface area contributed by atoms with Gasteiger partial charge in [0.1, 0.15) is 0 Å². The first-order valence-corrected chi connectivity index (χ1v) is 7.05. The smallest absolute Gasteiger partial charge is 0.154 e. The van der Waals surface area contributed by atoms with Crippen LogP contribution in [0.3, 0.4) is 0 Å². The third-order valence-corrected chi connectivity index (χ3v) is 5.43. The Balaban J connectivity index is 1.97. The molecule has 0 aromatic carbocycles. The van der Waals surface area contributed by atoms with Gasteiger partial charge in [-0.3, -0.25) is 4.90 Å². The van der Waals surface area contributed by atoms with E-state index in [1.54, 1.807) is 0 Å². The van der Waals surface area contributed by atoms with E-state index in [-0.39, 0.29) is 4.75 Å². The number of piperazine rings is 1. The predicted molar refractivity (Wildman–Crippen MR) is 56.1 cm³/mol. The molecular weight excluding hydrogens is 200 g/mol. The number of hydrogen-bond acceptors (Lipinski definition) is 4. The maximum Gasteiger partial charge on any atom is 0.154 e. The molecule has 0 spiro atoms. The molecule has 5 heteroatoms. The van der Waals surface area contributed by atoms with E-state index >= 15 is 0 Å². The van der Waals surface area contributed by atoms with E-state index in [2.05, 4.69) is 10.2 Å². The van der Waals surface area contributed by atoms with Gasteiger partial charge in [-0.05, 0) is 12.8 Å². The van der Waals surface area contributed by atoms with Gasteiger partial charge in [0.05, 0.1) is 4.75 Å². The number of nitrogens with one attached hydrogen (secondary N) is 1. The summed E-state index contributed by atoms with van der Waals surface area (Å²) >= 11 is 0. The summed E-state index contributed by atoms with van der Waals surface area (Å²) in [7, 11) is -2.85. The largest absolute Gasteiger partial charge is 0.314 e. The van der Waals surface area contributed by atoms with Gasteiger partial charge in [-0.25, -0.2) is 8.42 Å². The van der Waals surface area contributed by atoms with Gasteiger partial charge in [0, 0.05) is 39.0 Å². The lowest BCUT2D eigenvalue weighted by molar-refractivity contribution is 0.236. The fourth-order valence-corrected chi connectivity index (χ4v) is 3.32. The van der Waals surface area contributed by atoms with Crippen LogP contribution in [0.5, 0.6) is 0 Å². The lowest BCUT2D eigenvalue weighted by atomic mass is 10.3. The van der Waals surface area contributed by atoms with Crippen LogP contribution in [0.4, 0.5) is 0 Å². The van der Waals surface area contributed by atoms with Gasteiger partial charge < -0.3 is 5.32 Å². The Labute approximate surface area is 85.6 Å². The first-order valence-electron chi connectivity index (χ1n) is 5.16. The van der Waals surface area contributed by atoms with E-state index in [9.17, 15) is 8.42 Å². The Morgan fingerprint density at radius 2 is 1.86 bits per heavy atom. The van der Waals surface area contributed by atoms with Gasteiger partial charge in [-0.1, -0.05) is 0 Å². The van der Waals surface area contributed by atoms with Gasteiger partial charge in [0.2, 0.25) is 0 Å². The summed E-state index contributed by atoms with van der Waals surface area (Å²) < 4.78 is 22.7. The van der Waals surface area contributed by atoms with Crippen LogP contribution in [0.25, 0.3) is 0 Å². The molecule has 1 aliphatic heterocycles. The molecule has 82 valence electrons. The molecule has 4 nitrogen and oxygen atoms in total. The summed E-state index contributed by atoms with van der Waals surface area (Å²) in [4.78, 5) is 2.27. The molecule has 1 saturated heterocycles. The highest BCUT2D eigenvalue weighted by molar-refractivity contribution is 7.92. The van der Waals surface area contributed by atoms with Crippen molar-refractivity contribution in [1.29, 1.82) is 0 Å². The molecule has 0 atom stereocenters. The molecule has 2 rings (SSSR count). The predicted octanol–water partition coefficient (Wildman–Crippen LogP) is -0.531. The fourth-order valence-electron chi connectivity index (χ4n) is 2.06. The van der Waals surface area contributed by atoms with E-state index in [0.717, 1.165) is 45.6 Å². The molecule has 0 bridgehead atoms. The minimum atomic E-state index is -2.85. The van der Waals surface area contributed by atoms with Crippen molar-refractivity contribution in [1.82, 2.24) is 10.2 Å². The van der Waals surface area contributed by atoms with E-state index < -0.39 is 9.84 Å². The maximum absolute atomic E-state index is 11.5. The van der Waals surface area contributed by atoms with Crippen molar-refractivity contribution < 1.29 is 8.42 Å². The highest BCUT2D eigenvalue weighted by atomic mass is 32.2. The molecule has 0 radical (unpaired) electrons. The summed E-state index contributed by atoms with van der Waals surface area (Å²) in [5, 5.41) is 3.27. The maximum atomic E-state index is 11.5. The highest BCUT2D eigenvalue weighted by Gasteiger charge is 2.52. The number of hydrogen-bond donors (Lipinski definition) is 1. The normalized spacial score (nSPS) is 27.5. The molecule has 1 saturated carbocycles. The monoisotopic (exact) mass is 218 g/mol. The van der Waals surface area contributed by atoms with Crippen LogP contribution in [0.2, 0.25) is 0 Å². The van der Waals surface area contributed by atoms with Gasteiger partial charge in [0.15, 0.2) is 9.84 Å². The van der Waals surface area contributed by atoms with Crippen molar-refractivity contribution >= 4 is 9.84 Å². The van der Waals surface area contributed by atoms with Crippen molar-refractivity contribution in [3.05, 3.63) is 0 Å². The third kappa shape index (κ3) is 1.94. The van der Waals surface area contributed by atoms with Gasteiger partial charge in [-0.15, -0.1) is 0 Å². The Kier molecular flexibility index (Phi) is 2.57. The summed E-state index contributed by atoms with van der Waals surface area (Å²) in [5.41, 5.74) is 0. The topological polar surface area (TPSA) is 49.4 Å². The van der Waals surface area contributed by atoms with Crippen molar-refractivity contribution in [2.75, 3.05) is 39.0 Å². The lowest BCUT2D eigenvalue weighted by Crippen LogP contribution is -2.48. The molecule has 1 N–H and O–H groups in total. The van der Waals surface area contributed by atoms with Gasteiger partial charge >= 0.3 is 0 Å². The Bertz CT molecular complexity index is 303. The second kappa shape index (κ2) is 3.47. The van der Waals surface area contributed by atoms with Crippen LogP contribution in [-0.4, -0.2) is 57.0 Å². The molecule has 1 heterocycles. The summed E-state index contributed by atoms with van der Waals surface area (Å²) in [6.07, 6.45) is 3.09. The number of nitrogens with zero attached hydrogens (tertiary/aromatic N) is 1. The standard InChI is InChI=1S/C9H18N2O2S/c1-14(12,13)9(2-3-9)8-11-6-4-10-5-7-11/h10H,2-8H2,1H3. The molecule has 0 unspecified atom stereocenters. The number of rotatable bonds is 3. The zero-order chi connectivity index (χ0) is 10.2. The SMILES string of the molecule is CS(=O)(=O)C1(CN2CCNCC2)CC1. The zero-order valence-electron chi connectivity index (χ0n) is 8.62. The number of sulfone groups is 1. The average molecular weight is 218 g/mol. The minimum Gasteiger partial charge on any atom is -0.314 e. The molecule has 2 fully saturated rings. The molecule has 2 aliphatic rings. The average Bonchev–Trinajstić information content (AvgIpc) is 2.86. The summed E-state index contributed by atoms with van der Waals surface area (Å²) in [5.74, 6) is 0. The van der Waals surface area contributed by atoms with Crippen LogP contribution >= 0.6 is 0 Å². The Morgan fingerprint density at radius 1 is 1.29 bits per heavy atom. The van der Waals surface area contributed by atoms with Gasteiger partial charge in [-0.2, -0.15) is 0 Å². The van der Waals surface area contributed by atoms with Gasteiger partial charge in [0.25, 0.3) is 0 Å². The van der Waals surface area contributed by atoms with E-state index in [1.165, 1.54) is 6.26 Å². The van der Waals surface area contributed by atoms with Crippen molar-refractivity contribution in [3.8, 4) is 0 Å². The molecule has 1 aliphatic carbocycles. The van der Waals surface area contributed by atoms with Crippen molar-refractivity contribution in [2.24, 2.45) is 0 Å². The van der Waals surface area contributed by atoms with Crippen LogP contribution in [0, 0.1) is 0 Å². The molecule has 0 amide bonds. The lowest BCUT2D eigenvalue weighted by Gasteiger charge is -2.30. The summed E-state index contributed by atoms with van der Waals surface area (Å²) in [6.45, 7) is 4.68. The first kappa shape index (κ1) is 10.4. The second-order valence-corrected chi connectivity index (χ2v) is 6.89. The van der Waals surface area contributed by atoms with Crippen molar-refractivity contribution in [3.63, 3.8) is 0 Å². The second-order valence-electron chi connectivity index (χ2n) is 4.48. The fraction of sp³-hybridized carbons (Fsp3) is 1.00. The van der Waals surface area contributed by atoms with E-state index in [0.29, 0.717) is 0 Å². The first-order chi connectivity index (χ1) is 6.54. The molecular formula is C9H18N2O2S. The third-order valence-electron chi connectivity index (χ3n) is 3.32. The van der Waals surface area contributed by atoms with E-state index in [1.807, 2.05) is 0 Å². The minimum absolute atomic E-state index is 0.385. The van der Waals surface area contributed by atoms with E-state index in [4.69, 9.17) is 0 Å².